The van der Waals surface area contributed by atoms with Crippen molar-refractivity contribution >= 4 is 17.5 Å². The van der Waals surface area contributed by atoms with Crippen molar-refractivity contribution in [2.75, 3.05) is 24.5 Å². The number of amides is 2. The number of nitrogens with one attached hydrogen (secondary N) is 1. The van der Waals surface area contributed by atoms with Gasteiger partial charge in [0.25, 0.3) is 0 Å². The maximum atomic E-state index is 13.0. The Morgan fingerprint density at radius 1 is 1.29 bits per heavy atom. The number of hydrogen-bond acceptors (Lipinski definition) is 3. The van der Waals surface area contributed by atoms with Crippen LogP contribution in [0.25, 0.3) is 0 Å². The lowest BCUT2D eigenvalue weighted by molar-refractivity contribution is -0.142. The van der Waals surface area contributed by atoms with Crippen LogP contribution in [0, 0.1) is 5.92 Å². The van der Waals surface area contributed by atoms with Crippen molar-refractivity contribution in [2.45, 2.75) is 45.2 Å². The lowest BCUT2D eigenvalue weighted by Gasteiger charge is -2.34. The van der Waals surface area contributed by atoms with E-state index in [-0.39, 0.29) is 23.8 Å². The number of para-hydroxylation sites is 1. The average Bonchev–Trinajstić information content (AvgIpc) is 2.98. The lowest BCUT2D eigenvalue weighted by Crippen LogP contribution is -2.50. The van der Waals surface area contributed by atoms with E-state index in [9.17, 15) is 9.59 Å². The molecule has 24 heavy (non-hydrogen) atoms. The standard InChI is InChI=1S/C19H27N3O2/c1-3-21(18(23)15-9-11-20-14(2)13-15)17-10-12-22(19(17)24)16-7-5-4-6-8-16/h4-8,14-15,17,20H,3,9-13H2,1-2H3/t14-,15-,17?/m0/s1. The van der Waals surface area contributed by atoms with Gasteiger partial charge in [0.15, 0.2) is 0 Å². The van der Waals surface area contributed by atoms with Gasteiger partial charge in [0, 0.05) is 30.7 Å². The summed E-state index contributed by atoms with van der Waals surface area (Å²) >= 11 is 0. The first-order valence-electron chi connectivity index (χ1n) is 9.02. The minimum atomic E-state index is -0.312. The average molecular weight is 329 g/mol. The quantitative estimate of drug-likeness (QED) is 0.919. The van der Waals surface area contributed by atoms with Crippen LogP contribution in [0.5, 0.6) is 0 Å². The van der Waals surface area contributed by atoms with Crippen LogP contribution in [0.3, 0.4) is 0 Å². The molecule has 1 aromatic rings. The molecule has 0 aliphatic carbocycles. The Morgan fingerprint density at radius 2 is 2.04 bits per heavy atom. The first-order chi connectivity index (χ1) is 11.6. The fourth-order valence-corrected chi connectivity index (χ4v) is 3.94. The van der Waals surface area contributed by atoms with E-state index in [1.54, 1.807) is 0 Å². The van der Waals surface area contributed by atoms with Gasteiger partial charge in [0.2, 0.25) is 11.8 Å². The largest absolute Gasteiger partial charge is 0.331 e. The summed E-state index contributed by atoms with van der Waals surface area (Å²) < 4.78 is 0. The molecule has 3 rings (SSSR count). The molecule has 2 saturated heterocycles. The molecule has 1 aromatic carbocycles. The van der Waals surface area contributed by atoms with E-state index in [0.29, 0.717) is 25.6 Å². The highest BCUT2D eigenvalue weighted by Gasteiger charge is 2.40. The van der Waals surface area contributed by atoms with Crippen molar-refractivity contribution in [2.24, 2.45) is 5.92 Å². The number of nitrogens with zero attached hydrogens (tertiary/aromatic N) is 2. The number of anilines is 1. The Balaban J connectivity index is 1.72. The van der Waals surface area contributed by atoms with Crippen LogP contribution in [-0.2, 0) is 9.59 Å². The van der Waals surface area contributed by atoms with Gasteiger partial charge in [0.1, 0.15) is 6.04 Å². The maximum absolute atomic E-state index is 13.0. The molecule has 0 aromatic heterocycles. The predicted octanol–water partition coefficient (Wildman–Crippen LogP) is 2.03. The number of piperidine rings is 1. The normalized spacial score (nSPS) is 27.3. The molecule has 5 nitrogen and oxygen atoms in total. The van der Waals surface area contributed by atoms with Gasteiger partial charge in [-0.2, -0.15) is 0 Å². The molecule has 1 N–H and O–H groups in total. The predicted molar refractivity (Wildman–Crippen MR) is 94.8 cm³/mol. The van der Waals surface area contributed by atoms with E-state index in [1.807, 2.05) is 47.1 Å². The molecule has 5 heteroatoms. The van der Waals surface area contributed by atoms with E-state index in [4.69, 9.17) is 0 Å². The van der Waals surface area contributed by atoms with Gasteiger partial charge in [-0.15, -0.1) is 0 Å². The van der Waals surface area contributed by atoms with Crippen molar-refractivity contribution in [3.63, 3.8) is 0 Å². The summed E-state index contributed by atoms with van der Waals surface area (Å²) in [4.78, 5) is 29.5. The summed E-state index contributed by atoms with van der Waals surface area (Å²) in [5.74, 6) is 0.247. The fourth-order valence-electron chi connectivity index (χ4n) is 3.94. The van der Waals surface area contributed by atoms with Crippen molar-refractivity contribution in [3.8, 4) is 0 Å². The third-order valence-corrected chi connectivity index (χ3v) is 5.22. The zero-order valence-electron chi connectivity index (χ0n) is 14.6. The van der Waals surface area contributed by atoms with Crippen molar-refractivity contribution in [3.05, 3.63) is 30.3 Å². The van der Waals surface area contributed by atoms with Gasteiger partial charge in [0.05, 0.1) is 0 Å². The second kappa shape index (κ2) is 7.34. The van der Waals surface area contributed by atoms with Crippen LogP contribution in [-0.4, -0.2) is 48.4 Å². The molecule has 2 aliphatic rings. The third kappa shape index (κ3) is 3.31. The van der Waals surface area contributed by atoms with Gasteiger partial charge in [-0.3, -0.25) is 9.59 Å². The molecule has 0 bridgehead atoms. The van der Waals surface area contributed by atoms with E-state index < -0.39 is 0 Å². The second-order valence-electron chi connectivity index (χ2n) is 6.83. The minimum absolute atomic E-state index is 0.0415. The second-order valence-corrected chi connectivity index (χ2v) is 6.83. The van der Waals surface area contributed by atoms with E-state index in [2.05, 4.69) is 12.2 Å². The van der Waals surface area contributed by atoms with Gasteiger partial charge in [-0.05, 0) is 51.8 Å². The minimum Gasteiger partial charge on any atom is -0.331 e. The Labute approximate surface area is 144 Å². The first-order valence-corrected chi connectivity index (χ1v) is 9.02. The lowest BCUT2D eigenvalue weighted by atomic mass is 9.91. The molecular weight excluding hydrogens is 302 g/mol. The van der Waals surface area contributed by atoms with E-state index in [1.165, 1.54) is 0 Å². The Morgan fingerprint density at radius 3 is 2.71 bits per heavy atom. The third-order valence-electron chi connectivity index (χ3n) is 5.22. The van der Waals surface area contributed by atoms with Crippen LogP contribution in [0.1, 0.15) is 33.1 Å². The van der Waals surface area contributed by atoms with Gasteiger partial charge in [-0.25, -0.2) is 0 Å². The van der Waals surface area contributed by atoms with E-state index >= 15 is 0 Å². The monoisotopic (exact) mass is 329 g/mol. The molecule has 2 fully saturated rings. The molecule has 0 saturated carbocycles. The number of carbonyl (C=O) groups is 2. The van der Waals surface area contributed by atoms with Crippen LogP contribution >= 0.6 is 0 Å². The van der Waals surface area contributed by atoms with Gasteiger partial charge in [-0.1, -0.05) is 18.2 Å². The molecule has 2 amide bonds. The van der Waals surface area contributed by atoms with Crippen LogP contribution < -0.4 is 10.2 Å². The van der Waals surface area contributed by atoms with Crippen LogP contribution in [0.15, 0.2) is 30.3 Å². The summed E-state index contributed by atoms with van der Waals surface area (Å²) in [6.45, 7) is 6.24. The topological polar surface area (TPSA) is 52.7 Å². The zero-order valence-corrected chi connectivity index (χ0v) is 14.6. The molecule has 3 atom stereocenters. The van der Waals surface area contributed by atoms with Crippen LogP contribution in [0.4, 0.5) is 5.69 Å². The molecule has 0 spiro atoms. The zero-order chi connectivity index (χ0) is 17.1. The maximum Gasteiger partial charge on any atom is 0.249 e. The number of likely N-dealkylation sites (N-methyl/N-ethyl adjacent to an activating group) is 1. The Hall–Kier alpha value is -1.88. The van der Waals surface area contributed by atoms with Crippen molar-refractivity contribution in [1.29, 1.82) is 0 Å². The number of carbonyl (C=O) groups excluding carboxylic acids is 2. The van der Waals surface area contributed by atoms with Crippen molar-refractivity contribution < 1.29 is 9.59 Å². The summed E-state index contributed by atoms with van der Waals surface area (Å²) in [5.41, 5.74) is 0.920. The Kier molecular flexibility index (Phi) is 5.19. The van der Waals surface area contributed by atoms with Gasteiger partial charge < -0.3 is 15.1 Å². The molecule has 2 aliphatic heterocycles. The highest BCUT2D eigenvalue weighted by molar-refractivity contribution is 6.01. The highest BCUT2D eigenvalue weighted by atomic mass is 16.2. The van der Waals surface area contributed by atoms with Gasteiger partial charge >= 0.3 is 0 Å². The smallest absolute Gasteiger partial charge is 0.249 e. The summed E-state index contributed by atoms with van der Waals surface area (Å²) in [6.07, 6.45) is 2.44. The molecule has 2 heterocycles. The number of benzene rings is 1. The van der Waals surface area contributed by atoms with Crippen molar-refractivity contribution in [1.82, 2.24) is 10.2 Å². The molecule has 1 unspecified atom stereocenters. The number of rotatable bonds is 4. The number of hydrogen-bond donors (Lipinski definition) is 1. The highest BCUT2D eigenvalue weighted by Crippen LogP contribution is 2.27. The summed E-state index contributed by atoms with van der Waals surface area (Å²) in [7, 11) is 0. The molecule has 130 valence electrons. The summed E-state index contributed by atoms with van der Waals surface area (Å²) in [6, 6.07) is 9.78. The SMILES string of the molecule is CCN(C(=O)[C@H]1CCN[C@@H](C)C1)C1CCN(c2ccccc2)C1=O. The first kappa shape index (κ1) is 17.0. The van der Waals surface area contributed by atoms with E-state index in [0.717, 1.165) is 25.1 Å². The Bertz CT molecular complexity index is 590. The summed E-state index contributed by atoms with van der Waals surface area (Å²) in [5, 5.41) is 3.38. The fraction of sp³-hybridized carbons (Fsp3) is 0.579. The molecule has 0 radical (unpaired) electrons. The van der Waals surface area contributed by atoms with Crippen LogP contribution in [0.2, 0.25) is 0 Å². The molecular formula is C19H27N3O2.